The van der Waals surface area contributed by atoms with Crippen molar-refractivity contribution in [3.05, 3.63) is 29.8 Å². The van der Waals surface area contributed by atoms with Crippen LogP contribution in [-0.4, -0.2) is 37.0 Å². The quantitative estimate of drug-likeness (QED) is 0.545. The Labute approximate surface area is 159 Å². The molecule has 1 aromatic carbocycles. The monoisotopic (exact) mass is 376 g/mol. The zero-order valence-corrected chi connectivity index (χ0v) is 15.7. The van der Waals surface area contributed by atoms with Crippen molar-refractivity contribution in [3.63, 3.8) is 0 Å². The zero-order valence-electron chi connectivity index (χ0n) is 15.7. The fourth-order valence-corrected chi connectivity index (χ4v) is 2.90. The summed E-state index contributed by atoms with van der Waals surface area (Å²) in [5.41, 5.74) is 5.09. The van der Waals surface area contributed by atoms with Gasteiger partial charge in [0.25, 0.3) is 5.91 Å². The van der Waals surface area contributed by atoms with E-state index < -0.39 is 5.91 Å². The lowest BCUT2D eigenvalue weighted by atomic mass is 9.96. The number of nitrogens with one attached hydrogen (secondary N) is 4. The molecule has 27 heavy (non-hydrogen) atoms. The van der Waals surface area contributed by atoms with Crippen LogP contribution in [0.15, 0.2) is 24.3 Å². The fourth-order valence-electron chi connectivity index (χ4n) is 2.90. The summed E-state index contributed by atoms with van der Waals surface area (Å²) in [6.07, 6.45) is 5.59. The third kappa shape index (κ3) is 7.55. The van der Waals surface area contributed by atoms with E-state index in [0.29, 0.717) is 17.9 Å². The smallest absolute Gasteiger partial charge is 0.315 e. The number of rotatable bonds is 7. The van der Waals surface area contributed by atoms with Gasteiger partial charge in [0.2, 0.25) is 5.91 Å². The van der Waals surface area contributed by atoms with Gasteiger partial charge in [0.15, 0.2) is 0 Å². The van der Waals surface area contributed by atoms with Gasteiger partial charge in [-0.15, -0.1) is 0 Å². The van der Waals surface area contributed by atoms with Crippen LogP contribution in [0.1, 0.15) is 55.8 Å². The highest BCUT2D eigenvalue weighted by molar-refractivity contribution is 5.95. The summed E-state index contributed by atoms with van der Waals surface area (Å²) in [5.74, 6) is -0.127. The molecule has 1 aromatic rings. The van der Waals surface area contributed by atoms with Crippen molar-refractivity contribution in [2.75, 3.05) is 13.2 Å². The van der Waals surface area contributed by atoms with Crippen LogP contribution in [0, 0.1) is 0 Å². The number of amides is 4. The van der Waals surface area contributed by atoms with Crippen LogP contribution >= 0.6 is 0 Å². The van der Waals surface area contributed by atoms with Gasteiger partial charge in [-0.2, -0.15) is 0 Å². The highest BCUT2D eigenvalue weighted by atomic mass is 16.5. The van der Waals surface area contributed by atoms with E-state index in [4.69, 9.17) is 4.74 Å². The van der Waals surface area contributed by atoms with Crippen molar-refractivity contribution in [1.29, 1.82) is 0 Å². The number of hydrogen-bond acceptors (Lipinski definition) is 4. The SMILES string of the molecule is CCOc1ccc(C(=O)NNC(=O)CCNC(=O)NC2CCCCC2)cc1. The minimum absolute atomic E-state index is 0.0711. The largest absolute Gasteiger partial charge is 0.494 e. The molecule has 1 aliphatic rings. The maximum atomic E-state index is 12.0. The normalized spacial score (nSPS) is 14.1. The van der Waals surface area contributed by atoms with Crippen LogP contribution in [-0.2, 0) is 4.79 Å². The van der Waals surface area contributed by atoms with E-state index in [1.165, 1.54) is 6.42 Å². The Balaban J connectivity index is 1.60. The maximum absolute atomic E-state index is 12.0. The van der Waals surface area contributed by atoms with E-state index in [-0.39, 0.29) is 30.9 Å². The number of carbonyl (C=O) groups is 3. The van der Waals surface area contributed by atoms with Crippen molar-refractivity contribution in [1.82, 2.24) is 21.5 Å². The predicted molar refractivity (Wildman–Crippen MR) is 101 cm³/mol. The number of ether oxygens (including phenoxy) is 1. The second-order valence-corrected chi connectivity index (χ2v) is 6.44. The molecular weight excluding hydrogens is 348 g/mol. The molecule has 0 heterocycles. The molecule has 0 bridgehead atoms. The summed E-state index contributed by atoms with van der Waals surface area (Å²) in [6.45, 7) is 2.63. The molecule has 0 unspecified atom stereocenters. The lowest BCUT2D eigenvalue weighted by Crippen LogP contribution is -2.45. The second-order valence-electron chi connectivity index (χ2n) is 6.44. The van der Waals surface area contributed by atoms with Gasteiger partial charge in [-0.05, 0) is 44.0 Å². The lowest BCUT2D eigenvalue weighted by Gasteiger charge is -2.22. The predicted octanol–water partition coefficient (Wildman–Crippen LogP) is 1.87. The van der Waals surface area contributed by atoms with E-state index in [1.807, 2.05) is 6.92 Å². The fraction of sp³-hybridized carbons (Fsp3) is 0.526. The second kappa shape index (κ2) is 11.1. The molecule has 1 fully saturated rings. The molecule has 1 aliphatic carbocycles. The summed E-state index contributed by atoms with van der Waals surface area (Å²) in [6, 6.07) is 6.58. The lowest BCUT2D eigenvalue weighted by molar-refractivity contribution is -0.121. The zero-order chi connectivity index (χ0) is 19.5. The first-order valence-electron chi connectivity index (χ1n) is 9.45. The number of benzene rings is 1. The molecule has 0 aliphatic heterocycles. The van der Waals surface area contributed by atoms with Crippen LogP contribution in [0.5, 0.6) is 5.75 Å². The first kappa shape index (κ1) is 20.5. The van der Waals surface area contributed by atoms with Crippen molar-refractivity contribution in [2.45, 2.75) is 51.5 Å². The Hall–Kier alpha value is -2.77. The molecule has 0 saturated heterocycles. The maximum Gasteiger partial charge on any atom is 0.315 e. The number of hydrazine groups is 1. The highest BCUT2D eigenvalue weighted by Crippen LogP contribution is 2.17. The van der Waals surface area contributed by atoms with Crippen LogP contribution in [0.3, 0.4) is 0 Å². The topological polar surface area (TPSA) is 109 Å². The van der Waals surface area contributed by atoms with Gasteiger partial charge >= 0.3 is 6.03 Å². The van der Waals surface area contributed by atoms with Gasteiger partial charge in [0.05, 0.1) is 6.61 Å². The van der Waals surface area contributed by atoms with Crippen molar-refractivity contribution >= 4 is 17.8 Å². The molecule has 1 saturated carbocycles. The van der Waals surface area contributed by atoms with Gasteiger partial charge in [0, 0.05) is 24.6 Å². The molecule has 0 spiro atoms. The first-order valence-corrected chi connectivity index (χ1v) is 9.45. The van der Waals surface area contributed by atoms with Gasteiger partial charge < -0.3 is 15.4 Å². The molecule has 4 N–H and O–H groups in total. The molecule has 0 atom stereocenters. The van der Waals surface area contributed by atoms with Crippen LogP contribution in [0.4, 0.5) is 4.79 Å². The van der Waals surface area contributed by atoms with E-state index in [2.05, 4.69) is 21.5 Å². The summed E-state index contributed by atoms with van der Waals surface area (Å²) in [4.78, 5) is 35.5. The van der Waals surface area contributed by atoms with Gasteiger partial charge in [-0.25, -0.2) is 4.79 Å². The number of carbonyl (C=O) groups excluding carboxylic acids is 3. The molecule has 2 rings (SSSR count). The molecule has 148 valence electrons. The van der Waals surface area contributed by atoms with Gasteiger partial charge in [-0.1, -0.05) is 19.3 Å². The minimum atomic E-state index is -0.422. The third-order valence-corrected chi connectivity index (χ3v) is 4.32. The van der Waals surface area contributed by atoms with Gasteiger partial charge in [-0.3, -0.25) is 20.4 Å². The molecule has 0 radical (unpaired) electrons. The van der Waals surface area contributed by atoms with Crippen molar-refractivity contribution in [3.8, 4) is 5.75 Å². The van der Waals surface area contributed by atoms with Crippen LogP contribution in [0.2, 0.25) is 0 Å². The van der Waals surface area contributed by atoms with Crippen molar-refractivity contribution in [2.24, 2.45) is 0 Å². The molecule has 8 nitrogen and oxygen atoms in total. The Morgan fingerprint density at radius 2 is 1.74 bits per heavy atom. The Bertz CT molecular complexity index is 627. The number of hydrogen-bond donors (Lipinski definition) is 4. The number of urea groups is 1. The van der Waals surface area contributed by atoms with Gasteiger partial charge in [0.1, 0.15) is 5.75 Å². The first-order chi connectivity index (χ1) is 13.1. The van der Waals surface area contributed by atoms with E-state index in [0.717, 1.165) is 25.7 Å². The standard InChI is InChI=1S/C19H28N4O4/c1-2-27-16-10-8-14(9-11-16)18(25)23-22-17(24)12-13-20-19(26)21-15-6-4-3-5-7-15/h8-11,15H,2-7,12-13H2,1H3,(H,22,24)(H,23,25)(H2,20,21,26). The summed E-state index contributed by atoms with van der Waals surface area (Å²) in [5, 5.41) is 5.58. The Morgan fingerprint density at radius 1 is 1.04 bits per heavy atom. The molecule has 8 heteroatoms. The Kier molecular flexibility index (Phi) is 8.41. The van der Waals surface area contributed by atoms with E-state index in [9.17, 15) is 14.4 Å². The molecular formula is C19H28N4O4. The Morgan fingerprint density at radius 3 is 2.41 bits per heavy atom. The van der Waals surface area contributed by atoms with Crippen LogP contribution in [0.25, 0.3) is 0 Å². The van der Waals surface area contributed by atoms with E-state index >= 15 is 0 Å². The van der Waals surface area contributed by atoms with Crippen molar-refractivity contribution < 1.29 is 19.1 Å². The minimum Gasteiger partial charge on any atom is -0.494 e. The van der Waals surface area contributed by atoms with Crippen LogP contribution < -0.4 is 26.2 Å². The third-order valence-electron chi connectivity index (χ3n) is 4.32. The average molecular weight is 376 g/mol. The van der Waals surface area contributed by atoms with E-state index in [1.54, 1.807) is 24.3 Å². The molecule has 0 aromatic heterocycles. The summed E-state index contributed by atoms with van der Waals surface area (Å²) < 4.78 is 5.31. The summed E-state index contributed by atoms with van der Waals surface area (Å²) in [7, 11) is 0. The molecule has 4 amide bonds. The summed E-state index contributed by atoms with van der Waals surface area (Å²) >= 11 is 0. The highest BCUT2D eigenvalue weighted by Gasteiger charge is 2.15. The average Bonchev–Trinajstić information content (AvgIpc) is 2.68.